The smallest absolute Gasteiger partial charge is 0.338 e. The lowest BCUT2D eigenvalue weighted by Gasteiger charge is -2.17. The minimum absolute atomic E-state index is 0.239. The number of nitrogens with one attached hydrogen (secondary N) is 1. The van der Waals surface area contributed by atoms with Crippen LogP contribution in [0.5, 0.6) is 0 Å². The highest BCUT2D eigenvalue weighted by atomic mass is 32.1. The van der Waals surface area contributed by atoms with Crippen molar-refractivity contribution in [3.8, 4) is 0 Å². The monoisotopic (exact) mass is 440 g/mol. The first kappa shape index (κ1) is 21.2. The first-order valence-corrected chi connectivity index (χ1v) is 11.1. The topological polar surface area (TPSA) is 103 Å². The SMILES string of the molecule is CC1CCc2c(sc3nnn(CC(=O)Nc4cccc(C(=O)OC(C)C)c4)c(=O)c23)C1. The summed E-state index contributed by atoms with van der Waals surface area (Å²) in [6.07, 6.45) is 2.60. The zero-order valence-electron chi connectivity index (χ0n) is 17.7. The van der Waals surface area contributed by atoms with Crippen molar-refractivity contribution in [1.29, 1.82) is 0 Å². The van der Waals surface area contributed by atoms with Crippen LogP contribution in [0.4, 0.5) is 5.69 Å². The first-order chi connectivity index (χ1) is 14.8. The van der Waals surface area contributed by atoms with Gasteiger partial charge in [-0.2, -0.15) is 0 Å². The highest BCUT2D eigenvalue weighted by Gasteiger charge is 2.24. The number of hydrogen-bond donors (Lipinski definition) is 1. The number of aryl methyl sites for hydroxylation is 1. The molecule has 0 bridgehead atoms. The molecule has 31 heavy (non-hydrogen) atoms. The number of rotatable bonds is 5. The minimum atomic E-state index is -0.463. The number of amides is 1. The van der Waals surface area contributed by atoms with Crippen LogP contribution in [0.15, 0.2) is 29.1 Å². The van der Waals surface area contributed by atoms with Crippen molar-refractivity contribution in [3.63, 3.8) is 0 Å². The number of esters is 1. The number of carbonyl (C=O) groups is 2. The Morgan fingerprint density at radius 1 is 1.35 bits per heavy atom. The molecule has 0 saturated heterocycles. The number of fused-ring (bicyclic) bond motifs is 3. The van der Waals surface area contributed by atoms with Gasteiger partial charge in [-0.05, 0) is 62.8 Å². The Morgan fingerprint density at radius 2 is 2.16 bits per heavy atom. The summed E-state index contributed by atoms with van der Waals surface area (Å²) in [7, 11) is 0. The highest BCUT2D eigenvalue weighted by Crippen LogP contribution is 2.35. The lowest BCUT2D eigenvalue weighted by Crippen LogP contribution is -2.30. The molecule has 0 radical (unpaired) electrons. The summed E-state index contributed by atoms with van der Waals surface area (Å²) >= 11 is 1.52. The van der Waals surface area contributed by atoms with Gasteiger partial charge < -0.3 is 10.1 Å². The largest absolute Gasteiger partial charge is 0.459 e. The average Bonchev–Trinajstić information content (AvgIpc) is 3.08. The van der Waals surface area contributed by atoms with E-state index in [9.17, 15) is 14.4 Å². The molecule has 2 aromatic heterocycles. The number of anilines is 1. The molecule has 162 valence electrons. The van der Waals surface area contributed by atoms with Crippen molar-refractivity contribution < 1.29 is 14.3 Å². The van der Waals surface area contributed by atoms with Crippen LogP contribution in [-0.4, -0.2) is 33.0 Å². The van der Waals surface area contributed by atoms with E-state index in [4.69, 9.17) is 4.74 Å². The van der Waals surface area contributed by atoms with Gasteiger partial charge in [-0.25, -0.2) is 9.48 Å². The third-order valence-corrected chi connectivity index (χ3v) is 6.34. The number of hydrogen-bond acceptors (Lipinski definition) is 7. The summed E-state index contributed by atoms with van der Waals surface area (Å²) in [6, 6.07) is 6.48. The molecule has 0 aliphatic heterocycles. The Kier molecular flexibility index (Phi) is 5.86. The van der Waals surface area contributed by atoms with Crippen LogP contribution in [-0.2, 0) is 28.9 Å². The van der Waals surface area contributed by atoms with Crippen LogP contribution in [0.1, 0.15) is 48.0 Å². The van der Waals surface area contributed by atoms with Crippen LogP contribution in [0, 0.1) is 5.92 Å². The van der Waals surface area contributed by atoms with E-state index in [-0.39, 0.29) is 18.2 Å². The fourth-order valence-corrected chi connectivity index (χ4v) is 5.06. The van der Waals surface area contributed by atoms with Crippen LogP contribution in [0.25, 0.3) is 10.2 Å². The van der Waals surface area contributed by atoms with E-state index in [1.54, 1.807) is 32.0 Å². The molecular weight excluding hydrogens is 416 g/mol. The summed E-state index contributed by atoms with van der Waals surface area (Å²) in [6.45, 7) is 5.48. The molecule has 2 heterocycles. The van der Waals surface area contributed by atoms with Gasteiger partial charge in [0.15, 0.2) is 4.83 Å². The van der Waals surface area contributed by atoms with Crippen LogP contribution >= 0.6 is 11.3 Å². The van der Waals surface area contributed by atoms with E-state index in [1.807, 2.05) is 0 Å². The Bertz CT molecular complexity index is 1210. The maximum Gasteiger partial charge on any atom is 0.338 e. The van der Waals surface area contributed by atoms with Crippen molar-refractivity contribution in [2.45, 2.75) is 52.7 Å². The maximum atomic E-state index is 13.0. The minimum Gasteiger partial charge on any atom is -0.459 e. The lowest BCUT2D eigenvalue weighted by atomic mass is 9.89. The summed E-state index contributed by atoms with van der Waals surface area (Å²) in [4.78, 5) is 39.5. The molecule has 1 atom stereocenters. The second-order valence-electron chi connectivity index (χ2n) is 8.17. The van der Waals surface area contributed by atoms with Gasteiger partial charge in [0.1, 0.15) is 6.54 Å². The van der Waals surface area contributed by atoms with Gasteiger partial charge in [-0.3, -0.25) is 9.59 Å². The van der Waals surface area contributed by atoms with Crippen molar-refractivity contribution in [3.05, 3.63) is 50.6 Å². The molecule has 4 rings (SSSR count). The Balaban J connectivity index is 1.52. The third-order valence-electron chi connectivity index (χ3n) is 5.20. The molecule has 0 fully saturated rings. The van der Waals surface area contributed by atoms with Crippen molar-refractivity contribution in [2.75, 3.05) is 5.32 Å². The number of ether oxygens (including phenoxy) is 1. The van der Waals surface area contributed by atoms with Crippen molar-refractivity contribution in [1.82, 2.24) is 15.0 Å². The predicted molar refractivity (Wildman–Crippen MR) is 118 cm³/mol. The van der Waals surface area contributed by atoms with E-state index in [1.165, 1.54) is 22.3 Å². The lowest BCUT2D eigenvalue weighted by molar-refractivity contribution is -0.117. The predicted octanol–water partition coefficient (Wildman–Crippen LogP) is 3.18. The molecule has 1 aliphatic carbocycles. The standard InChI is InChI=1S/C22H24N4O4S/c1-12(2)30-22(29)14-5-4-6-15(10-14)23-18(27)11-26-21(28)19-16-8-7-13(3)9-17(16)31-20(19)24-25-26/h4-6,10,12-13H,7-9,11H2,1-3H3,(H,23,27). The number of benzene rings is 1. The number of carbonyl (C=O) groups excluding carboxylic acids is 2. The van der Waals surface area contributed by atoms with Gasteiger partial charge >= 0.3 is 5.97 Å². The summed E-state index contributed by atoms with van der Waals surface area (Å²) in [5, 5.41) is 11.4. The molecule has 1 amide bonds. The maximum absolute atomic E-state index is 13.0. The zero-order chi connectivity index (χ0) is 22.1. The van der Waals surface area contributed by atoms with E-state index in [2.05, 4.69) is 22.6 Å². The fraction of sp³-hybridized carbons (Fsp3) is 0.409. The first-order valence-electron chi connectivity index (χ1n) is 10.3. The quantitative estimate of drug-likeness (QED) is 0.611. The van der Waals surface area contributed by atoms with Gasteiger partial charge in [0.25, 0.3) is 5.56 Å². The van der Waals surface area contributed by atoms with Gasteiger partial charge in [0, 0.05) is 10.6 Å². The van der Waals surface area contributed by atoms with Gasteiger partial charge in [0.2, 0.25) is 5.91 Å². The molecule has 1 N–H and O–H groups in total. The second-order valence-corrected chi connectivity index (χ2v) is 9.25. The molecule has 9 heteroatoms. The number of nitrogens with zero attached hydrogens (tertiary/aromatic N) is 3. The van der Waals surface area contributed by atoms with E-state index in [0.717, 1.165) is 29.5 Å². The summed E-state index contributed by atoms with van der Waals surface area (Å²) < 4.78 is 6.28. The Labute approximate surface area is 183 Å². The third kappa shape index (κ3) is 4.51. The molecule has 1 unspecified atom stereocenters. The molecule has 0 saturated carbocycles. The summed E-state index contributed by atoms with van der Waals surface area (Å²) in [5.74, 6) is -0.298. The van der Waals surface area contributed by atoms with Gasteiger partial charge in [-0.1, -0.05) is 18.2 Å². The van der Waals surface area contributed by atoms with Crippen LogP contribution < -0.4 is 10.9 Å². The van der Waals surface area contributed by atoms with Gasteiger partial charge in [-0.15, -0.1) is 16.4 Å². The van der Waals surface area contributed by atoms with Crippen LogP contribution in [0.3, 0.4) is 0 Å². The van der Waals surface area contributed by atoms with Crippen molar-refractivity contribution in [2.24, 2.45) is 5.92 Å². The van der Waals surface area contributed by atoms with E-state index in [0.29, 0.717) is 27.4 Å². The molecule has 1 aromatic carbocycles. The Morgan fingerprint density at radius 3 is 2.94 bits per heavy atom. The molecule has 8 nitrogen and oxygen atoms in total. The molecule has 1 aliphatic rings. The normalized spacial score (nSPS) is 15.7. The van der Waals surface area contributed by atoms with E-state index >= 15 is 0 Å². The highest BCUT2D eigenvalue weighted by molar-refractivity contribution is 7.18. The number of thiophene rings is 1. The van der Waals surface area contributed by atoms with Crippen molar-refractivity contribution >= 4 is 39.1 Å². The fourth-order valence-electron chi connectivity index (χ4n) is 3.74. The zero-order valence-corrected chi connectivity index (χ0v) is 18.5. The summed E-state index contributed by atoms with van der Waals surface area (Å²) in [5.41, 5.74) is 1.54. The molecule has 0 spiro atoms. The number of aromatic nitrogens is 3. The Hall–Kier alpha value is -3.07. The van der Waals surface area contributed by atoms with Gasteiger partial charge in [0.05, 0.1) is 17.1 Å². The molecular formula is C22H24N4O4S. The van der Waals surface area contributed by atoms with Crippen LogP contribution in [0.2, 0.25) is 0 Å². The molecule has 3 aromatic rings. The van der Waals surface area contributed by atoms with E-state index < -0.39 is 11.9 Å². The second kappa shape index (κ2) is 8.58. The average molecular weight is 441 g/mol.